The molecule has 0 aliphatic carbocycles. The van der Waals surface area contributed by atoms with Crippen LogP contribution in [0, 0.1) is 6.92 Å². The molecule has 0 spiro atoms. The number of hydrogen-bond acceptors (Lipinski definition) is 4. The number of carbonyl (C=O) groups excluding carboxylic acids is 1. The van der Waals surface area contributed by atoms with E-state index in [1.165, 1.54) is 0 Å². The van der Waals surface area contributed by atoms with Crippen LogP contribution in [0.3, 0.4) is 0 Å². The second kappa shape index (κ2) is 7.17. The molecule has 24 heavy (non-hydrogen) atoms. The quantitative estimate of drug-likeness (QED) is 0.840. The minimum absolute atomic E-state index is 0.0599. The SMILES string of the molecule is COCCn1cc(C(=O)N2CCCCC2c2cnn(C)c2)c(C)n1. The Bertz CT molecular complexity index is 706. The molecule has 1 amide bonds. The second-order valence-electron chi connectivity index (χ2n) is 6.34. The molecule has 1 fully saturated rings. The van der Waals surface area contributed by atoms with E-state index >= 15 is 0 Å². The van der Waals surface area contributed by atoms with Crippen LogP contribution >= 0.6 is 0 Å². The Morgan fingerprint density at radius 1 is 1.38 bits per heavy atom. The highest BCUT2D eigenvalue weighted by molar-refractivity contribution is 5.95. The van der Waals surface area contributed by atoms with Crippen molar-refractivity contribution < 1.29 is 9.53 Å². The number of rotatable bonds is 5. The first-order valence-corrected chi connectivity index (χ1v) is 8.42. The van der Waals surface area contributed by atoms with E-state index in [-0.39, 0.29) is 11.9 Å². The lowest BCUT2D eigenvalue weighted by molar-refractivity contribution is 0.0610. The van der Waals surface area contributed by atoms with Crippen LogP contribution in [0.2, 0.25) is 0 Å². The third-order valence-corrected chi connectivity index (χ3v) is 4.57. The van der Waals surface area contributed by atoms with Gasteiger partial charge < -0.3 is 9.64 Å². The summed E-state index contributed by atoms with van der Waals surface area (Å²) in [4.78, 5) is 15.1. The van der Waals surface area contributed by atoms with Gasteiger partial charge in [0, 0.05) is 38.7 Å². The fraction of sp³-hybridized carbons (Fsp3) is 0.588. The zero-order valence-electron chi connectivity index (χ0n) is 14.6. The smallest absolute Gasteiger partial charge is 0.257 e. The van der Waals surface area contributed by atoms with Gasteiger partial charge in [0.25, 0.3) is 5.91 Å². The fourth-order valence-electron chi connectivity index (χ4n) is 3.32. The van der Waals surface area contributed by atoms with Gasteiger partial charge in [-0.15, -0.1) is 0 Å². The van der Waals surface area contributed by atoms with Gasteiger partial charge in [-0.1, -0.05) is 0 Å². The number of aryl methyl sites for hydroxylation is 2. The Morgan fingerprint density at radius 2 is 2.21 bits per heavy atom. The fourth-order valence-corrected chi connectivity index (χ4v) is 3.32. The van der Waals surface area contributed by atoms with Crippen LogP contribution in [-0.2, 0) is 18.3 Å². The summed E-state index contributed by atoms with van der Waals surface area (Å²) in [5.41, 5.74) is 2.56. The summed E-state index contributed by atoms with van der Waals surface area (Å²) in [6.45, 7) is 3.90. The van der Waals surface area contributed by atoms with Crippen molar-refractivity contribution in [2.24, 2.45) is 7.05 Å². The van der Waals surface area contributed by atoms with Crippen molar-refractivity contribution in [1.29, 1.82) is 0 Å². The maximum Gasteiger partial charge on any atom is 0.257 e. The van der Waals surface area contributed by atoms with Crippen molar-refractivity contribution in [1.82, 2.24) is 24.5 Å². The van der Waals surface area contributed by atoms with E-state index in [0.29, 0.717) is 18.7 Å². The summed E-state index contributed by atoms with van der Waals surface area (Å²) in [7, 11) is 3.57. The molecule has 2 aromatic heterocycles. The number of likely N-dealkylation sites (tertiary alicyclic amines) is 1. The van der Waals surface area contributed by atoms with E-state index in [0.717, 1.165) is 37.1 Å². The van der Waals surface area contributed by atoms with E-state index in [1.807, 2.05) is 37.5 Å². The molecular weight excluding hydrogens is 306 g/mol. The largest absolute Gasteiger partial charge is 0.383 e. The number of ether oxygens (including phenoxy) is 1. The minimum Gasteiger partial charge on any atom is -0.383 e. The first-order valence-electron chi connectivity index (χ1n) is 8.42. The molecule has 3 heterocycles. The third-order valence-electron chi connectivity index (χ3n) is 4.57. The van der Waals surface area contributed by atoms with E-state index < -0.39 is 0 Å². The molecule has 1 aliphatic heterocycles. The van der Waals surface area contributed by atoms with Crippen LogP contribution in [0.5, 0.6) is 0 Å². The molecular formula is C17H25N5O2. The van der Waals surface area contributed by atoms with Gasteiger partial charge in [0.1, 0.15) is 0 Å². The molecule has 2 aromatic rings. The van der Waals surface area contributed by atoms with Gasteiger partial charge >= 0.3 is 0 Å². The van der Waals surface area contributed by atoms with E-state index in [2.05, 4.69) is 10.2 Å². The highest BCUT2D eigenvalue weighted by Crippen LogP contribution is 2.32. The molecule has 0 aromatic carbocycles. The van der Waals surface area contributed by atoms with Gasteiger partial charge in [0.05, 0.1) is 36.6 Å². The summed E-state index contributed by atoms with van der Waals surface area (Å²) in [5, 5.41) is 8.70. The highest BCUT2D eigenvalue weighted by atomic mass is 16.5. The predicted molar refractivity (Wildman–Crippen MR) is 89.7 cm³/mol. The average Bonchev–Trinajstić information content (AvgIpc) is 3.18. The lowest BCUT2D eigenvalue weighted by Gasteiger charge is -2.35. The predicted octanol–water partition coefficient (Wildman–Crippen LogP) is 1.94. The van der Waals surface area contributed by atoms with Crippen molar-refractivity contribution in [3.63, 3.8) is 0 Å². The first-order chi connectivity index (χ1) is 11.6. The van der Waals surface area contributed by atoms with Crippen LogP contribution in [-0.4, -0.2) is 50.6 Å². The number of hydrogen-bond donors (Lipinski definition) is 0. The maximum absolute atomic E-state index is 13.1. The van der Waals surface area contributed by atoms with Crippen molar-refractivity contribution in [3.8, 4) is 0 Å². The van der Waals surface area contributed by atoms with Gasteiger partial charge in [-0.2, -0.15) is 10.2 Å². The zero-order chi connectivity index (χ0) is 17.1. The molecule has 7 heteroatoms. The number of aromatic nitrogens is 4. The van der Waals surface area contributed by atoms with Crippen LogP contribution in [0.1, 0.15) is 46.9 Å². The van der Waals surface area contributed by atoms with Gasteiger partial charge in [0.15, 0.2) is 0 Å². The lowest BCUT2D eigenvalue weighted by atomic mass is 9.96. The summed E-state index contributed by atoms with van der Waals surface area (Å²) in [6, 6.07) is 0.0988. The molecule has 3 rings (SSSR count). The topological polar surface area (TPSA) is 65.2 Å². The van der Waals surface area contributed by atoms with Gasteiger partial charge in [-0.05, 0) is 26.2 Å². The Hall–Kier alpha value is -2.15. The number of amides is 1. The monoisotopic (exact) mass is 331 g/mol. The van der Waals surface area contributed by atoms with E-state index in [1.54, 1.807) is 16.5 Å². The maximum atomic E-state index is 13.1. The third kappa shape index (κ3) is 3.36. The number of nitrogens with zero attached hydrogens (tertiary/aromatic N) is 5. The van der Waals surface area contributed by atoms with Crippen molar-refractivity contribution in [2.45, 2.75) is 38.8 Å². The Labute approximate surface area is 142 Å². The Kier molecular flexibility index (Phi) is 4.99. The summed E-state index contributed by atoms with van der Waals surface area (Å²) in [6.07, 6.45) is 8.87. The van der Waals surface area contributed by atoms with Gasteiger partial charge in [-0.25, -0.2) is 0 Å². The number of piperidine rings is 1. The van der Waals surface area contributed by atoms with E-state index in [4.69, 9.17) is 4.74 Å². The van der Waals surface area contributed by atoms with E-state index in [9.17, 15) is 4.79 Å². The van der Waals surface area contributed by atoms with Crippen LogP contribution in [0.15, 0.2) is 18.6 Å². The first kappa shape index (κ1) is 16.7. The van der Waals surface area contributed by atoms with Crippen LogP contribution in [0.4, 0.5) is 0 Å². The zero-order valence-corrected chi connectivity index (χ0v) is 14.6. The Morgan fingerprint density at radius 3 is 2.92 bits per heavy atom. The molecule has 1 unspecified atom stereocenters. The molecule has 0 bridgehead atoms. The molecule has 0 radical (unpaired) electrons. The normalized spacial score (nSPS) is 18.1. The summed E-state index contributed by atoms with van der Waals surface area (Å²) >= 11 is 0. The standard InChI is InChI=1S/C17H25N5O2/c1-13-15(12-21(19-13)8-9-24-3)17(23)22-7-5-4-6-16(22)14-10-18-20(2)11-14/h10-12,16H,4-9H2,1-3H3. The molecule has 130 valence electrons. The lowest BCUT2D eigenvalue weighted by Crippen LogP contribution is -2.38. The molecule has 0 saturated carbocycles. The highest BCUT2D eigenvalue weighted by Gasteiger charge is 2.31. The average molecular weight is 331 g/mol. The van der Waals surface area contributed by atoms with Crippen molar-refractivity contribution in [3.05, 3.63) is 35.4 Å². The van der Waals surface area contributed by atoms with Crippen LogP contribution in [0.25, 0.3) is 0 Å². The van der Waals surface area contributed by atoms with Gasteiger partial charge in [-0.3, -0.25) is 14.2 Å². The minimum atomic E-state index is 0.0599. The summed E-state index contributed by atoms with van der Waals surface area (Å²) in [5.74, 6) is 0.0599. The summed E-state index contributed by atoms with van der Waals surface area (Å²) < 4.78 is 8.66. The second-order valence-corrected chi connectivity index (χ2v) is 6.34. The van der Waals surface area contributed by atoms with Crippen molar-refractivity contribution >= 4 is 5.91 Å². The molecule has 1 saturated heterocycles. The molecule has 1 atom stereocenters. The van der Waals surface area contributed by atoms with Crippen molar-refractivity contribution in [2.75, 3.05) is 20.3 Å². The molecule has 7 nitrogen and oxygen atoms in total. The number of carbonyl (C=O) groups is 1. The van der Waals surface area contributed by atoms with Gasteiger partial charge in [0.2, 0.25) is 0 Å². The number of methoxy groups -OCH3 is 1. The van der Waals surface area contributed by atoms with Crippen LogP contribution < -0.4 is 0 Å². The molecule has 1 aliphatic rings. The Balaban J connectivity index is 1.83. The molecule has 0 N–H and O–H groups in total.